The summed E-state index contributed by atoms with van der Waals surface area (Å²) in [5.41, 5.74) is 3.89. The van der Waals surface area contributed by atoms with E-state index in [2.05, 4.69) is 38.3 Å². The Hall–Kier alpha value is -1.84. The van der Waals surface area contributed by atoms with Gasteiger partial charge in [-0.1, -0.05) is 0 Å². The fourth-order valence-corrected chi connectivity index (χ4v) is 2.97. The summed E-state index contributed by atoms with van der Waals surface area (Å²) in [6.07, 6.45) is 4.67. The van der Waals surface area contributed by atoms with Crippen LogP contribution in [0, 0.1) is 0 Å². The second kappa shape index (κ2) is 3.83. The maximum absolute atomic E-state index is 4.39. The zero-order valence-corrected chi connectivity index (χ0v) is 10.3. The smallest absolute Gasteiger partial charge is 0.163 e. The van der Waals surface area contributed by atoms with Crippen molar-refractivity contribution in [1.82, 2.24) is 14.8 Å². The summed E-state index contributed by atoms with van der Waals surface area (Å²) in [6.45, 7) is 2.11. The van der Waals surface area contributed by atoms with E-state index in [0.29, 0.717) is 0 Å². The number of anilines is 1. The number of hydrogen-bond donors (Lipinski definition) is 1. The van der Waals surface area contributed by atoms with Gasteiger partial charge in [0.1, 0.15) is 5.82 Å². The number of aromatic nitrogens is 3. The highest BCUT2D eigenvalue weighted by molar-refractivity contribution is 5.66. The lowest BCUT2D eigenvalue weighted by atomic mass is 10.1. The number of nitrogens with zero attached hydrogens (tertiary/aromatic N) is 3. The first kappa shape index (κ1) is 10.1. The lowest BCUT2D eigenvalue weighted by Crippen LogP contribution is -2.11. The van der Waals surface area contributed by atoms with Crippen LogP contribution in [0.2, 0.25) is 0 Å². The molecular formula is C14H16N4. The van der Waals surface area contributed by atoms with Gasteiger partial charge < -0.3 is 9.88 Å². The highest BCUT2D eigenvalue weighted by Crippen LogP contribution is 2.29. The van der Waals surface area contributed by atoms with Gasteiger partial charge in [0, 0.05) is 30.8 Å². The van der Waals surface area contributed by atoms with Gasteiger partial charge in [0.2, 0.25) is 0 Å². The van der Waals surface area contributed by atoms with Crippen molar-refractivity contribution < 1.29 is 0 Å². The van der Waals surface area contributed by atoms with Crippen LogP contribution in [0.3, 0.4) is 0 Å². The van der Waals surface area contributed by atoms with Crippen molar-refractivity contribution in [2.24, 2.45) is 0 Å². The molecular weight excluding hydrogens is 224 g/mol. The van der Waals surface area contributed by atoms with Gasteiger partial charge in [0.15, 0.2) is 5.82 Å². The first-order chi connectivity index (χ1) is 8.92. The third-order valence-corrected chi connectivity index (χ3v) is 3.93. The molecule has 0 fully saturated rings. The Morgan fingerprint density at radius 2 is 2.11 bits per heavy atom. The molecule has 0 amide bonds. The Labute approximate surface area is 106 Å². The van der Waals surface area contributed by atoms with Crippen LogP contribution >= 0.6 is 0 Å². The largest absolute Gasteiger partial charge is 0.384 e. The normalized spacial score (nSPS) is 17.1. The molecule has 0 radical (unpaired) electrons. The van der Waals surface area contributed by atoms with Crippen molar-refractivity contribution >= 4 is 5.69 Å². The fraction of sp³-hybridized carbons (Fsp3) is 0.429. The first-order valence-electron chi connectivity index (χ1n) is 6.71. The van der Waals surface area contributed by atoms with E-state index in [9.17, 15) is 0 Å². The molecule has 1 N–H and O–H groups in total. The second-order valence-corrected chi connectivity index (χ2v) is 5.10. The Morgan fingerprint density at radius 1 is 1.11 bits per heavy atom. The molecule has 4 heteroatoms. The summed E-state index contributed by atoms with van der Waals surface area (Å²) < 4.78 is 2.29. The van der Waals surface area contributed by atoms with Gasteiger partial charge in [-0.3, -0.25) is 0 Å². The number of fused-ring (bicyclic) bond motifs is 2. The minimum atomic E-state index is 1.04. The van der Waals surface area contributed by atoms with Crippen LogP contribution < -0.4 is 5.32 Å². The lowest BCUT2D eigenvalue weighted by molar-refractivity contribution is 0.526. The molecule has 2 aromatic rings. The van der Waals surface area contributed by atoms with E-state index in [4.69, 9.17) is 0 Å². The molecule has 4 rings (SSSR count). The Kier molecular flexibility index (Phi) is 2.15. The van der Waals surface area contributed by atoms with E-state index in [0.717, 1.165) is 37.6 Å². The Balaban J connectivity index is 1.81. The van der Waals surface area contributed by atoms with E-state index in [1.54, 1.807) is 0 Å². The van der Waals surface area contributed by atoms with Gasteiger partial charge in [-0.25, -0.2) is 0 Å². The second-order valence-electron chi connectivity index (χ2n) is 5.10. The topological polar surface area (TPSA) is 42.7 Å². The molecule has 2 aliphatic rings. The standard InChI is InChI=1S/C14H16N4/c1-2-8-18-13(3-1)16-17-14(18)11-4-5-12-10(9-11)6-7-15-12/h4-5,9,15H,1-3,6-8H2. The van der Waals surface area contributed by atoms with Gasteiger partial charge in [-0.15, -0.1) is 10.2 Å². The summed E-state index contributed by atoms with van der Waals surface area (Å²) in [7, 11) is 0. The minimum absolute atomic E-state index is 1.04. The number of nitrogens with one attached hydrogen (secondary N) is 1. The summed E-state index contributed by atoms with van der Waals surface area (Å²) in [5, 5.41) is 12.1. The number of hydrogen-bond acceptors (Lipinski definition) is 3. The number of aryl methyl sites for hydroxylation is 1. The van der Waals surface area contributed by atoms with Crippen molar-refractivity contribution in [2.45, 2.75) is 32.2 Å². The molecule has 0 saturated carbocycles. The molecule has 0 bridgehead atoms. The van der Waals surface area contributed by atoms with Crippen molar-refractivity contribution in [3.05, 3.63) is 29.6 Å². The molecule has 1 aromatic heterocycles. The Bertz CT molecular complexity index is 600. The lowest BCUT2D eigenvalue weighted by Gasteiger charge is -2.15. The SMILES string of the molecule is c1cc2c(cc1-c1nnc3n1CCCC3)CCN2. The van der Waals surface area contributed by atoms with E-state index in [1.165, 1.54) is 29.7 Å². The third-order valence-electron chi connectivity index (χ3n) is 3.93. The molecule has 2 aliphatic heterocycles. The van der Waals surface area contributed by atoms with Crippen LogP contribution in [0.5, 0.6) is 0 Å². The molecule has 0 unspecified atom stereocenters. The summed E-state index contributed by atoms with van der Waals surface area (Å²) in [4.78, 5) is 0. The zero-order chi connectivity index (χ0) is 11.9. The van der Waals surface area contributed by atoms with E-state index in [1.807, 2.05) is 0 Å². The molecule has 0 aliphatic carbocycles. The summed E-state index contributed by atoms with van der Waals surface area (Å²) >= 11 is 0. The predicted octanol–water partition coefficient (Wildman–Crippen LogP) is 2.25. The van der Waals surface area contributed by atoms with Gasteiger partial charge in [0.05, 0.1) is 0 Å². The molecule has 0 atom stereocenters. The Morgan fingerprint density at radius 3 is 3.11 bits per heavy atom. The van der Waals surface area contributed by atoms with Crippen molar-refractivity contribution in [1.29, 1.82) is 0 Å². The van der Waals surface area contributed by atoms with Gasteiger partial charge in [-0.2, -0.15) is 0 Å². The quantitative estimate of drug-likeness (QED) is 0.831. The van der Waals surface area contributed by atoms with E-state index in [-0.39, 0.29) is 0 Å². The van der Waals surface area contributed by atoms with Gasteiger partial charge >= 0.3 is 0 Å². The molecule has 0 spiro atoms. The maximum Gasteiger partial charge on any atom is 0.163 e. The fourth-order valence-electron chi connectivity index (χ4n) is 2.97. The summed E-state index contributed by atoms with van der Waals surface area (Å²) in [5.74, 6) is 2.19. The number of rotatable bonds is 1. The molecule has 0 saturated heterocycles. The van der Waals surface area contributed by atoms with Gasteiger partial charge in [-0.05, 0) is 43.0 Å². The minimum Gasteiger partial charge on any atom is -0.384 e. The molecule has 92 valence electrons. The van der Waals surface area contributed by atoms with Crippen LogP contribution in [0.4, 0.5) is 5.69 Å². The van der Waals surface area contributed by atoms with Crippen molar-refractivity contribution in [3.8, 4) is 11.4 Å². The zero-order valence-electron chi connectivity index (χ0n) is 10.3. The van der Waals surface area contributed by atoms with Crippen molar-refractivity contribution in [2.75, 3.05) is 11.9 Å². The average molecular weight is 240 g/mol. The third kappa shape index (κ3) is 1.45. The first-order valence-corrected chi connectivity index (χ1v) is 6.71. The van der Waals surface area contributed by atoms with E-state index >= 15 is 0 Å². The monoisotopic (exact) mass is 240 g/mol. The van der Waals surface area contributed by atoms with Crippen LogP contribution in [-0.2, 0) is 19.4 Å². The maximum atomic E-state index is 4.39. The van der Waals surface area contributed by atoms with Crippen LogP contribution in [0.1, 0.15) is 24.2 Å². The summed E-state index contributed by atoms with van der Waals surface area (Å²) in [6, 6.07) is 6.59. The molecule has 18 heavy (non-hydrogen) atoms. The highest BCUT2D eigenvalue weighted by Gasteiger charge is 2.18. The molecule has 1 aromatic carbocycles. The van der Waals surface area contributed by atoms with Crippen LogP contribution in [-0.4, -0.2) is 21.3 Å². The van der Waals surface area contributed by atoms with Crippen LogP contribution in [0.15, 0.2) is 18.2 Å². The molecule has 3 heterocycles. The highest BCUT2D eigenvalue weighted by atomic mass is 15.3. The number of benzene rings is 1. The van der Waals surface area contributed by atoms with Crippen molar-refractivity contribution in [3.63, 3.8) is 0 Å². The van der Waals surface area contributed by atoms with E-state index < -0.39 is 0 Å². The average Bonchev–Trinajstić information content (AvgIpc) is 3.04. The van der Waals surface area contributed by atoms with Crippen LogP contribution in [0.25, 0.3) is 11.4 Å². The van der Waals surface area contributed by atoms with Gasteiger partial charge in [0.25, 0.3) is 0 Å². The predicted molar refractivity (Wildman–Crippen MR) is 70.6 cm³/mol. The molecule has 4 nitrogen and oxygen atoms in total.